The fourth-order valence-corrected chi connectivity index (χ4v) is 6.37. The molecule has 2 heterocycles. The van der Waals surface area contributed by atoms with Crippen LogP contribution in [0.5, 0.6) is 0 Å². The van der Waals surface area contributed by atoms with Crippen LogP contribution in [0, 0.1) is 11.6 Å². The third-order valence-electron chi connectivity index (χ3n) is 5.66. The molecule has 1 aliphatic heterocycles. The topological polar surface area (TPSA) is 92.3 Å². The highest BCUT2D eigenvalue weighted by Crippen LogP contribution is 2.38. The minimum atomic E-state index is -4.11. The van der Waals surface area contributed by atoms with Crippen LogP contribution in [0.2, 0.25) is 0 Å². The average molecular weight is 565 g/mol. The molecule has 0 unspecified atom stereocenters. The summed E-state index contributed by atoms with van der Waals surface area (Å²) in [4.78, 5) is 14.7. The second-order valence-electron chi connectivity index (χ2n) is 7.76. The molecule has 1 atom stereocenters. The van der Waals surface area contributed by atoms with E-state index in [0.29, 0.717) is 15.6 Å². The minimum absolute atomic E-state index is 0.0588. The number of carbonyl (C=O) groups is 1. The molecule has 0 radical (unpaired) electrons. The number of nitrogens with one attached hydrogen (secondary N) is 1. The van der Waals surface area contributed by atoms with Gasteiger partial charge in [0, 0.05) is 22.6 Å². The van der Waals surface area contributed by atoms with Gasteiger partial charge in [-0.25, -0.2) is 17.2 Å². The van der Waals surface area contributed by atoms with E-state index < -0.39 is 33.6 Å². The summed E-state index contributed by atoms with van der Waals surface area (Å²) in [7, 11) is -4.11. The van der Waals surface area contributed by atoms with E-state index in [4.69, 9.17) is 0 Å². The zero-order valence-electron chi connectivity index (χ0n) is 17.4. The average Bonchev–Trinajstić information content (AvgIpc) is 3.37. The number of hydrogen-bond donors (Lipinski definition) is 1. The first-order valence-electron chi connectivity index (χ1n) is 9.98. The van der Waals surface area contributed by atoms with Crippen LogP contribution < -0.4 is 4.72 Å². The van der Waals surface area contributed by atoms with Crippen molar-refractivity contribution in [2.24, 2.45) is 0 Å². The van der Waals surface area contributed by atoms with E-state index >= 15 is 0 Å². The number of benzene rings is 3. The SMILES string of the molecule is C[C@H](c1ccc(F)cc1F)N1Cc2cc(Br)cc(NS(=O)(=O)c3cccc4nsnc34)c2C1=O. The standard InChI is InChI=1S/C22H15BrF2N4O3S2/c1-11(15-6-5-14(24)9-16(15)25)29-10-12-7-13(23)8-18(20(12)22(29)30)28-34(31,32)19-4-2-3-17-21(19)27-33-26-17/h2-9,11,28H,10H2,1H3/t11-/m1/s1. The van der Waals surface area contributed by atoms with Gasteiger partial charge in [-0.05, 0) is 42.8 Å². The fraction of sp³-hybridized carbons (Fsp3) is 0.136. The summed E-state index contributed by atoms with van der Waals surface area (Å²) < 4.78 is 65.4. The summed E-state index contributed by atoms with van der Waals surface area (Å²) >= 11 is 4.27. The van der Waals surface area contributed by atoms with Gasteiger partial charge in [0.1, 0.15) is 27.6 Å². The Bertz CT molecular complexity index is 1580. The van der Waals surface area contributed by atoms with E-state index in [1.807, 2.05) is 0 Å². The molecule has 1 amide bonds. The summed E-state index contributed by atoms with van der Waals surface area (Å²) in [6, 6.07) is 10.3. The number of rotatable bonds is 5. The molecule has 0 aliphatic carbocycles. The molecule has 0 saturated carbocycles. The molecule has 174 valence electrons. The predicted molar refractivity (Wildman–Crippen MR) is 127 cm³/mol. The number of fused-ring (bicyclic) bond motifs is 2. The molecule has 1 N–H and O–H groups in total. The highest BCUT2D eigenvalue weighted by atomic mass is 79.9. The first-order valence-corrected chi connectivity index (χ1v) is 13.0. The van der Waals surface area contributed by atoms with Crippen LogP contribution in [-0.2, 0) is 16.6 Å². The molecule has 5 rings (SSSR count). The number of amides is 1. The van der Waals surface area contributed by atoms with Gasteiger partial charge in [-0.1, -0.05) is 28.1 Å². The highest BCUT2D eigenvalue weighted by molar-refractivity contribution is 9.10. The first kappa shape index (κ1) is 22.8. The van der Waals surface area contributed by atoms with E-state index in [1.54, 1.807) is 25.1 Å². The normalized spacial score (nSPS) is 14.5. The Hall–Kier alpha value is -2.96. The molecular weight excluding hydrogens is 550 g/mol. The molecule has 3 aromatic carbocycles. The first-order chi connectivity index (χ1) is 16.2. The van der Waals surface area contributed by atoms with Gasteiger partial charge in [-0.3, -0.25) is 9.52 Å². The van der Waals surface area contributed by atoms with Gasteiger partial charge < -0.3 is 4.90 Å². The van der Waals surface area contributed by atoms with E-state index in [9.17, 15) is 22.0 Å². The third kappa shape index (κ3) is 3.85. The van der Waals surface area contributed by atoms with Crippen molar-refractivity contribution in [2.75, 3.05) is 4.72 Å². The lowest BCUT2D eigenvalue weighted by molar-refractivity contribution is 0.0714. The number of halogens is 3. The number of carbonyl (C=O) groups excluding carboxylic acids is 1. The molecule has 12 heteroatoms. The van der Waals surface area contributed by atoms with Crippen LogP contribution in [0.15, 0.2) is 57.9 Å². The second kappa shape index (κ2) is 8.36. The van der Waals surface area contributed by atoms with Crippen LogP contribution in [0.1, 0.15) is 34.5 Å². The van der Waals surface area contributed by atoms with E-state index in [2.05, 4.69) is 29.4 Å². The van der Waals surface area contributed by atoms with Crippen molar-refractivity contribution in [2.45, 2.75) is 24.4 Å². The van der Waals surface area contributed by atoms with Crippen molar-refractivity contribution < 1.29 is 22.0 Å². The molecular formula is C22H15BrF2N4O3S2. The smallest absolute Gasteiger partial charge is 0.264 e. The van der Waals surface area contributed by atoms with Crippen molar-refractivity contribution in [3.63, 3.8) is 0 Å². The second-order valence-corrected chi connectivity index (χ2v) is 10.9. The Labute approximate surface area is 205 Å². The molecule has 0 bridgehead atoms. The van der Waals surface area contributed by atoms with Crippen LogP contribution in [-0.4, -0.2) is 28.0 Å². The summed E-state index contributed by atoms with van der Waals surface area (Å²) in [5.74, 6) is -1.94. The molecule has 0 fully saturated rings. The van der Waals surface area contributed by atoms with E-state index in [1.165, 1.54) is 23.1 Å². The van der Waals surface area contributed by atoms with Crippen LogP contribution in [0.25, 0.3) is 11.0 Å². The number of nitrogens with zero attached hydrogens (tertiary/aromatic N) is 3. The van der Waals surface area contributed by atoms with E-state index in [0.717, 1.165) is 23.9 Å². The molecule has 1 aliphatic rings. The molecule has 7 nitrogen and oxygen atoms in total. The Morgan fingerprint density at radius 1 is 1.15 bits per heavy atom. The van der Waals surface area contributed by atoms with Gasteiger partial charge in [0.25, 0.3) is 15.9 Å². The Balaban J connectivity index is 1.53. The maximum absolute atomic E-state index is 14.4. The van der Waals surface area contributed by atoms with Crippen LogP contribution in [0.4, 0.5) is 14.5 Å². The number of aromatic nitrogens is 2. The molecule has 0 saturated heterocycles. The van der Waals surface area contributed by atoms with Gasteiger partial charge in [-0.2, -0.15) is 8.75 Å². The lowest BCUT2D eigenvalue weighted by atomic mass is 10.1. The van der Waals surface area contributed by atoms with Gasteiger partial charge in [-0.15, -0.1) is 0 Å². The number of sulfonamides is 1. The van der Waals surface area contributed by atoms with Crippen molar-refractivity contribution >= 4 is 60.3 Å². The Morgan fingerprint density at radius 2 is 1.94 bits per heavy atom. The molecule has 4 aromatic rings. The molecule has 0 spiro atoms. The summed E-state index contributed by atoms with van der Waals surface area (Å²) in [5, 5.41) is 0. The maximum Gasteiger partial charge on any atom is 0.264 e. The Morgan fingerprint density at radius 3 is 2.71 bits per heavy atom. The van der Waals surface area contributed by atoms with Gasteiger partial charge in [0.15, 0.2) is 0 Å². The van der Waals surface area contributed by atoms with Crippen molar-refractivity contribution in [1.29, 1.82) is 0 Å². The summed E-state index contributed by atoms with van der Waals surface area (Å²) in [6.07, 6.45) is 0. The van der Waals surface area contributed by atoms with Crippen molar-refractivity contribution in [3.05, 3.63) is 81.3 Å². The van der Waals surface area contributed by atoms with E-state index in [-0.39, 0.29) is 33.8 Å². The fourth-order valence-electron chi connectivity index (χ4n) is 4.04. The highest BCUT2D eigenvalue weighted by Gasteiger charge is 2.36. The lowest BCUT2D eigenvalue weighted by Crippen LogP contribution is -2.28. The predicted octanol–water partition coefficient (Wildman–Crippen LogP) is 5.25. The maximum atomic E-state index is 14.4. The zero-order valence-corrected chi connectivity index (χ0v) is 20.6. The summed E-state index contributed by atoms with van der Waals surface area (Å²) in [5.41, 5.74) is 1.67. The van der Waals surface area contributed by atoms with Gasteiger partial charge in [0.2, 0.25) is 0 Å². The van der Waals surface area contributed by atoms with Crippen molar-refractivity contribution in [3.8, 4) is 0 Å². The molecule has 34 heavy (non-hydrogen) atoms. The summed E-state index contributed by atoms with van der Waals surface area (Å²) in [6.45, 7) is 1.76. The molecule has 1 aromatic heterocycles. The number of hydrogen-bond acceptors (Lipinski definition) is 6. The van der Waals surface area contributed by atoms with Gasteiger partial charge in [0.05, 0.1) is 29.0 Å². The van der Waals surface area contributed by atoms with Gasteiger partial charge >= 0.3 is 0 Å². The van der Waals surface area contributed by atoms with Crippen molar-refractivity contribution in [1.82, 2.24) is 13.6 Å². The monoisotopic (exact) mass is 564 g/mol. The third-order valence-corrected chi connectivity index (χ3v) is 8.06. The Kier molecular flexibility index (Phi) is 5.61. The lowest BCUT2D eigenvalue weighted by Gasteiger charge is -2.25. The minimum Gasteiger partial charge on any atom is -0.327 e. The quantitative estimate of drug-likeness (QED) is 0.357. The number of anilines is 1. The van der Waals surface area contributed by atoms with Crippen LogP contribution in [0.3, 0.4) is 0 Å². The zero-order chi connectivity index (χ0) is 24.2. The largest absolute Gasteiger partial charge is 0.327 e. The van der Waals surface area contributed by atoms with Crippen LogP contribution >= 0.6 is 27.7 Å².